The molecule has 3 amide bonds. The fraction of sp³-hybridized carbons (Fsp3) is 0.524. The van der Waals surface area contributed by atoms with Gasteiger partial charge in [0.1, 0.15) is 5.54 Å². The van der Waals surface area contributed by atoms with Crippen LogP contribution in [0.1, 0.15) is 44.7 Å². The molecule has 0 aliphatic carbocycles. The monoisotopic (exact) mass is 399 g/mol. The summed E-state index contributed by atoms with van der Waals surface area (Å²) in [5, 5.41) is 15.3. The van der Waals surface area contributed by atoms with Crippen molar-refractivity contribution in [1.29, 1.82) is 0 Å². The second-order valence-corrected chi connectivity index (χ2v) is 9.13. The number of carboxylic acids is 1. The molecule has 2 saturated heterocycles. The second-order valence-electron chi connectivity index (χ2n) is 9.13. The van der Waals surface area contributed by atoms with Crippen molar-refractivity contribution in [1.82, 2.24) is 10.2 Å². The maximum absolute atomic E-state index is 13.5. The van der Waals surface area contributed by atoms with Crippen LogP contribution in [0.4, 0.5) is 5.69 Å². The second kappa shape index (κ2) is 6.13. The van der Waals surface area contributed by atoms with Crippen molar-refractivity contribution < 1.29 is 24.3 Å². The van der Waals surface area contributed by atoms with Gasteiger partial charge in [0.25, 0.3) is 0 Å². The van der Waals surface area contributed by atoms with Gasteiger partial charge in [-0.1, -0.05) is 18.2 Å². The Balaban J connectivity index is 1.88. The standard InChI is InChI=1S/C21H25N3O5/c1-10-6-5-7-11-16(10)22-19(29)21(11)15-14(12(23-21)8-9-13(25)26)17(27)24(18(15)28)20(2,3)4/h5-7,12,14-15,23H,8-9H2,1-4H3,(H,22,29)(H,25,26). The van der Waals surface area contributed by atoms with E-state index in [1.165, 1.54) is 4.90 Å². The summed E-state index contributed by atoms with van der Waals surface area (Å²) < 4.78 is 0. The van der Waals surface area contributed by atoms with Gasteiger partial charge in [0.05, 0.1) is 11.8 Å². The number of aliphatic carboxylic acids is 1. The molecular formula is C21H25N3O5. The van der Waals surface area contributed by atoms with E-state index in [2.05, 4.69) is 10.6 Å². The van der Waals surface area contributed by atoms with Crippen molar-refractivity contribution in [3.8, 4) is 0 Å². The summed E-state index contributed by atoms with van der Waals surface area (Å²) in [6.07, 6.45) is -0.0000689. The first-order valence-corrected chi connectivity index (χ1v) is 9.79. The van der Waals surface area contributed by atoms with Crippen LogP contribution in [-0.2, 0) is 24.7 Å². The zero-order chi connectivity index (χ0) is 21.3. The molecule has 8 heteroatoms. The van der Waals surface area contributed by atoms with Gasteiger partial charge in [0, 0.05) is 29.3 Å². The molecule has 3 N–H and O–H groups in total. The number of rotatable bonds is 3. The normalized spacial score (nSPS) is 30.7. The van der Waals surface area contributed by atoms with E-state index in [9.17, 15) is 19.2 Å². The molecule has 1 spiro atoms. The number of carboxylic acid groups (broad SMARTS) is 1. The molecule has 0 aromatic heterocycles. The Labute approximate surface area is 168 Å². The van der Waals surface area contributed by atoms with Gasteiger partial charge < -0.3 is 10.4 Å². The van der Waals surface area contributed by atoms with Gasteiger partial charge in [-0.3, -0.25) is 29.4 Å². The minimum absolute atomic E-state index is 0.156. The highest BCUT2D eigenvalue weighted by molar-refractivity contribution is 6.15. The van der Waals surface area contributed by atoms with E-state index < -0.39 is 34.9 Å². The fourth-order valence-corrected chi connectivity index (χ4v) is 5.16. The zero-order valence-electron chi connectivity index (χ0n) is 16.9. The number of aryl methyl sites for hydroxylation is 1. The van der Waals surface area contributed by atoms with E-state index in [1.54, 1.807) is 26.8 Å². The molecule has 4 unspecified atom stereocenters. The van der Waals surface area contributed by atoms with Gasteiger partial charge in [0.15, 0.2) is 0 Å². The van der Waals surface area contributed by atoms with E-state index in [0.717, 1.165) is 5.56 Å². The minimum Gasteiger partial charge on any atom is -0.481 e. The van der Waals surface area contributed by atoms with Crippen LogP contribution in [0.3, 0.4) is 0 Å². The predicted molar refractivity (Wildman–Crippen MR) is 104 cm³/mol. The number of likely N-dealkylation sites (tertiary alicyclic amines) is 1. The van der Waals surface area contributed by atoms with Crippen LogP contribution in [0, 0.1) is 18.8 Å². The van der Waals surface area contributed by atoms with Crippen molar-refractivity contribution >= 4 is 29.4 Å². The van der Waals surface area contributed by atoms with Crippen molar-refractivity contribution in [3.05, 3.63) is 29.3 Å². The summed E-state index contributed by atoms with van der Waals surface area (Å²) in [6.45, 7) is 7.21. The molecule has 29 heavy (non-hydrogen) atoms. The van der Waals surface area contributed by atoms with Crippen molar-refractivity contribution in [2.24, 2.45) is 11.8 Å². The first-order valence-electron chi connectivity index (χ1n) is 9.79. The Morgan fingerprint density at radius 2 is 1.90 bits per heavy atom. The summed E-state index contributed by atoms with van der Waals surface area (Å²) in [5.41, 5.74) is 0.0533. The number of carbonyl (C=O) groups is 4. The van der Waals surface area contributed by atoms with E-state index >= 15 is 0 Å². The fourth-order valence-electron chi connectivity index (χ4n) is 5.16. The van der Waals surface area contributed by atoms with Gasteiger partial charge >= 0.3 is 5.97 Å². The van der Waals surface area contributed by atoms with Crippen LogP contribution in [0.25, 0.3) is 0 Å². The number of carbonyl (C=O) groups excluding carboxylic acids is 3. The Hall–Kier alpha value is -2.74. The molecule has 4 atom stereocenters. The van der Waals surface area contributed by atoms with Crippen LogP contribution in [0.5, 0.6) is 0 Å². The lowest BCUT2D eigenvalue weighted by Crippen LogP contribution is -2.55. The van der Waals surface area contributed by atoms with E-state index in [4.69, 9.17) is 5.11 Å². The maximum Gasteiger partial charge on any atom is 0.303 e. The van der Waals surface area contributed by atoms with Crippen molar-refractivity contribution in [3.63, 3.8) is 0 Å². The first kappa shape index (κ1) is 19.6. The number of hydrogen-bond donors (Lipinski definition) is 3. The average molecular weight is 399 g/mol. The summed E-state index contributed by atoms with van der Waals surface area (Å²) in [6, 6.07) is 4.90. The summed E-state index contributed by atoms with van der Waals surface area (Å²) in [4.78, 5) is 52.5. The molecule has 3 heterocycles. The highest BCUT2D eigenvalue weighted by atomic mass is 16.4. The van der Waals surface area contributed by atoms with Crippen LogP contribution >= 0.6 is 0 Å². The molecule has 8 nitrogen and oxygen atoms in total. The summed E-state index contributed by atoms with van der Waals surface area (Å²) in [7, 11) is 0. The third-order valence-electron chi connectivity index (χ3n) is 6.30. The lowest BCUT2D eigenvalue weighted by Gasteiger charge is -2.34. The molecule has 2 fully saturated rings. The van der Waals surface area contributed by atoms with E-state index in [0.29, 0.717) is 11.3 Å². The third kappa shape index (κ3) is 2.55. The molecule has 0 radical (unpaired) electrons. The van der Waals surface area contributed by atoms with Gasteiger partial charge in [-0.05, 0) is 39.7 Å². The van der Waals surface area contributed by atoms with Gasteiger partial charge in [-0.15, -0.1) is 0 Å². The van der Waals surface area contributed by atoms with Crippen LogP contribution in [-0.4, -0.2) is 45.3 Å². The molecule has 3 aliphatic rings. The number of hydrogen-bond acceptors (Lipinski definition) is 5. The van der Waals surface area contributed by atoms with Crippen molar-refractivity contribution in [2.45, 2.75) is 57.7 Å². The highest BCUT2D eigenvalue weighted by Crippen LogP contribution is 2.54. The Morgan fingerprint density at radius 1 is 1.21 bits per heavy atom. The molecule has 1 aromatic rings. The van der Waals surface area contributed by atoms with E-state index in [1.807, 2.05) is 19.1 Å². The minimum atomic E-state index is -1.37. The molecule has 1 aromatic carbocycles. The Kier molecular flexibility index (Phi) is 4.13. The zero-order valence-corrected chi connectivity index (χ0v) is 16.9. The number of nitrogens with one attached hydrogen (secondary N) is 2. The lowest BCUT2D eigenvalue weighted by atomic mass is 9.76. The largest absolute Gasteiger partial charge is 0.481 e. The molecular weight excluding hydrogens is 374 g/mol. The first-order chi connectivity index (χ1) is 13.5. The lowest BCUT2D eigenvalue weighted by molar-refractivity contribution is -0.148. The quantitative estimate of drug-likeness (QED) is 0.662. The van der Waals surface area contributed by atoms with Crippen LogP contribution in [0.15, 0.2) is 18.2 Å². The molecule has 0 saturated carbocycles. The SMILES string of the molecule is Cc1cccc2c1NC(=O)C21NC(CCC(=O)O)C2C(=O)N(C(C)(C)C)C(=O)C21. The van der Waals surface area contributed by atoms with Gasteiger partial charge in [0.2, 0.25) is 17.7 Å². The average Bonchev–Trinajstić information content (AvgIpc) is 3.19. The number of para-hydroxylation sites is 1. The third-order valence-corrected chi connectivity index (χ3v) is 6.30. The van der Waals surface area contributed by atoms with Crippen LogP contribution < -0.4 is 10.6 Å². The number of benzene rings is 1. The highest BCUT2D eigenvalue weighted by Gasteiger charge is 2.71. The Morgan fingerprint density at radius 3 is 2.52 bits per heavy atom. The maximum atomic E-state index is 13.5. The number of anilines is 1. The van der Waals surface area contributed by atoms with Crippen LogP contribution in [0.2, 0.25) is 0 Å². The summed E-state index contributed by atoms with van der Waals surface area (Å²) in [5.74, 6) is -3.77. The molecule has 154 valence electrons. The molecule has 4 rings (SSSR count). The number of fused-ring (bicyclic) bond motifs is 4. The number of nitrogens with zero attached hydrogens (tertiary/aromatic N) is 1. The predicted octanol–water partition coefficient (Wildman–Crippen LogP) is 1.38. The van der Waals surface area contributed by atoms with E-state index in [-0.39, 0.29) is 30.6 Å². The van der Waals surface area contributed by atoms with Gasteiger partial charge in [-0.2, -0.15) is 0 Å². The topological polar surface area (TPSA) is 116 Å². The molecule has 0 bridgehead atoms. The Bertz CT molecular complexity index is 950. The van der Waals surface area contributed by atoms with Gasteiger partial charge in [-0.25, -0.2) is 0 Å². The number of amides is 3. The van der Waals surface area contributed by atoms with Crippen molar-refractivity contribution in [2.75, 3.05) is 5.32 Å². The molecule has 3 aliphatic heterocycles. The smallest absolute Gasteiger partial charge is 0.303 e. The number of imide groups is 1. The summed E-state index contributed by atoms with van der Waals surface area (Å²) >= 11 is 0.